The van der Waals surface area contributed by atoms with Crippen molar-refractivity contribution in [2.24, 2.45) is 0 Å². The van der Waals surface area contributed by atoms with Crippen LogP contribution in [0.15, 0.2) is 12.1 Å². The summed E-state index contributed by atoms with van der Waals surface area (Å²) in [6, 6.07) is 3.32. The summed E-state index contributed by atoms with van der Waals surface area (Å²) < 4.78 is 14.2. The molecule has 0 aliphatic rings. The van der Waals surface area contributed by atoms with Crippen molar-refractivity contribution in [3.05, 3.63) is 34.8 Å². The molecule has 3 heteroatoms. The standard InChI is InChI=1S/C16H21FN2/c1-5-9-18-16-11(4)13(6-2)19-15-10(3)7-8-12(17)14(15)16/h7-8H,5-6,9H2,1-4H3,(H,18,19). The summed E-state index contributed by atoms with van der Waals surface area (Å²) in [5.41, 5.74) is 4.81. The molecule has 0 amide bonds. The second-order valence-electron chi connectivity index (χ2n) is 4.93. The number of rotatable bonds is 4. The molecule has 1 aromatic carbocycles. The molecule has 2 rings (SSSR count). The normalized spacial score (nSPS) is 11.0. The summed E-state index contributed by atoms with van der Waals surface area (Å²) in [6.45, 7) is 9.03. The fourth-order valence-corrected chi connectivity index (χ4v) is 2.42. The van der Waals surface area contributed by atoms with Crippen LogP contribution in [0, 0.1) is 19.7 Å². The van der Waals surface area contributed by atoms with Crippen LogP contribution in [0.5, 0.6) is 0 Å². The summed E-state index contributed by atoms with van der Waals surface area (Å²) in [5.74, 6) is -0.197. The second-order valence-corrected chi connectivity index (χ2v) is 4.93. The third kappa shape index (κ3) is 2.42. The molecular formula is C16H21FN2. The Labute approximate surface area is 114 Å². The Balaban J connectivity index is 2.79. The van der Waals surface area contributed by atoms with E-state index in [9.17, 15) is 4.39 Å². The van der Waals surface area contributed by atoms with Crippen LogP contribution in [0.2, 0.25) is 0 Å². The predicted octanol–water partition coefficient (Wildman–Crippen LogP) is 4.38. The van der Waals surface area contributed by atoms with Gasteiger partial charge in [-0.1, -0.05) is 19.9 Å². The zero-order valence-corrected chi connectivity index (χ0v) is 12.1. The molecule has 2 nitrogen and oxygen atoms in total. The van der Waals surface area contributed by atoms with Crippen LogP contribution in [0.25, 0.3) is 10.9 Å². The SMILES string of the molecule is CCCNc1c(C)c(CC)nc2c(C)ccc(F)c12. The first-order chi connectivity index (χ1) is 9.10. The highest BCUT2D eigenvalue weighted by atomic mass is 19.1. The average Bonchev–Trinajstić information content (AvgIpc) is 2.41. The van der Waals surface area contributed by atoms with Gasteiger partial charge in [-0.3, -0.25) is 4.98 Å². The van der Waals surface area contributed by atoms with Crippen molar-refractivity contribution in [2.75, 3.05) is 11.9 Å². The van der Waals surface area contributed by atoms with E-state index >= 15 is 0 Å². The molecule has 0 saturated heterocycles. The van der Waals surface area contributed by atoms with E-state index in [0.717, 1.165) is 47.4 Å². The minimum absolute atomic E-state index is 0.197. The lowest BCUT2D eigenvalue weighted by atomic mass is 10.0. The first kappa shape index (κ1) is 13.8. The molecule has 0 radical (unpaired) electrons. The summed E-state index contributed by atoms with van der Waals surface area (Å²) in [6.07, 6.45) is 1.87. The number of aromatic nitrogens is 1. The second kappa shape index (κ2) is 5.55. The van der Waals surface area contributed by atoms with E-state index in [0.29, 0.717) is 5.39 Å². The molecule has 0 spiro atoms. The van der Waals surface area contributed by atoms with Gasteiger partial charge in [-0.05, 0) is 43.9 Å². The molecule has 1 N–H and O–H groups in total. The molecule has 0 unspecified atom stereocenters. The number of benzene rings is 1. The van der Waals surface area contributed by atoms with Gasteiger partial charge in [-0.25, -0.2) is 4.39 Å². The van der Waals surface area contributed by atoms with Gasteiger partial charge in [0.05, 0.1) is 16.6 Å². The van der Waals surface area contributed by atoms with Crippen molar-refractivity contribution < 1.29 is 4.39 Å². The van der Waals surface area contributed by atoms with Crippen LogP contribution in [-0.4, -0.2) is 11.5 Å². The highest BCUT2D eigenvalue weighted by Gasteiger charge is 2.15. The molecule has 0 fully saturated rings. The van der Waals surface area contributed by atoms with Crippen molar-refractivity contribution >= 4 is 16.6 Å². The Morgan fingerprint density at radius 2 is 1.95 bits per heavy atom. The van der Waals surface area contributed by atoms with Crippen LogP contribution in [0.4, 0.5) is 10.1 Å². The highest BCUT2D eigenvalue weighted by Crippen LogP contribution is 2.32. The maximum absolute atomic E-state index is 14.2. The van der Waals surface area contributed by atoms with Gasteiger partial charge in [0, 0.05) is 12.2 Å². The lowest BCUT2D eigenvalue weighted by Gasteiger charge is -2.16. The number of anilines is 1. The Hall–Kier alpha value is -1.64. The van der Waals surface area contributed by atoms with Gasteiger partial charge in [-0.2, -0.15) is 0 Å². The van der Waals surface area contributed by atoms with Crippen LogP contribution in [0.3, 0.4) is 0 Å². The first-order valence-corrected chi connectivity index (χ1v) is 6.92. The molecule has 0 aliphatic heterocycles. The van der Waals surface area contributed by atoms with Gasteiger partial charge in [0.15, 0.2) is 0 Å². The number of nitrogens with one attached hydrogen (secondary N) is 1. The van der Waals surface area contributed by atoms with Crippen LogP contribution in [0.1, 0.15) is 37.1 Å². The average molecular weight is 260 g/mol. The summed E-state index contributed by atoms with van der Waals surface area (Å²) in [4.78, 5) is 4.64. The van der Waals surface area contributed by atoms with Crippen LogP contribution < -0.4 is 5.32 Å². The van der Waals surface area contributed by atoms with Gasteiger partial charge >= 0.3 is 0 Å². The first-order valence-electron chi connectivity index (χ1n) is 6.92. The zero-order valence-electron chi connectivity index (χ0n) is 12.1. The van der Waals surface area contributed by atoms with Crippen molar-refractivity contribution in [3.63, 3.8) is 0 Å². The number of hydrogen-bond donors (Lipinski definition) is 1. The minimum atomic E-state index is -0.197. The molecular weight excluding hydrogens is 239 g/mol. The number of fused-ring (bicyclic) bond motifs is 1. The van der Waals surface area contributed by atoms with Crippen molar-refractivity contribution in [2.45, 2.75) is 40.5 Å². The van der Waals surface area contributed by atoms with Gasteiger partial charge in [-0.15, -0.1) is 0 Å². The summed E-state index contributed by atoms with van der Waals surface area (Å²) >= 11 is 0. The van der Waals surface area contributed by atoms with E-state index < -0.39 is 0 Å². The van der Waals surface area contributed by atoms with E-state index in [2.05, 4.69) is 24.1 Å². The molecule has 19 heavy (non-hydrogen) atoms. The molecule has 102 valence electrons. The number of halogens is 1. The molecule has 1 aromatic heterocycles. The molecule has 0 saturated carbocycles. The number of pyridine rings is 1. The Morgan fingerprint density at radius 1 is 1.21 bits per heavy atom. The van der Waals surface area contributed by atoms with E-state index in [-0.39, 0.29) is 5.82 Å². The molecule has 0 aliphatic carbocycles. The van der Waals surface area contributed by atoms with Gasteiger partial charge in [0.2, 0.25) is 0 Å². The minimum Gasteiger partial charge on any atom is -0.384 e. The van der Waals surface area contributed by atoms with E-state index in [4.69, 9.17) is 0 Å². The summed E-state index contributed by atoms with van der Waals surface area (Å²) in [7, 11) is 0. The number of nitrogens with zero attached hydrogens (tertiary/aromatic N) is 1. The monoisotopic (exact) mass is 260 g/mol. The van der Waals surface area contributed by atoms with Gasteiger partial charge in [0.25, 0.3) is 0 Å². The smallest absolute Gasteiger partial charge is 0.134 e. The van der Waals surface area contributed by atoms with Gasteiger partial charge in [0.1, 0.15) is 5.82 Å². The lowest BCUT2D eigenvalue weighted by Crippen LogP contribution is -2.07. The number of aryl methyl sites for hydroxylation is 2. The summed E-state index contributed by atoms with van der Waals surface area (Å²) in [5, 5.41) is 4.00. The third-order valence-electron chi connectivity index (χ3n) is 3.52. The van der Waals surface area contributed by atoms with E-state index in [1.807, 2.05) is 13.8 Å². The van der Waals surface area contributed by atoms with E-state index in [1.54, 1.807) is 6.07 Å². The zero-order chi connectivity index (χ0) is 14.0. The van der Waals surface area contributed by atoms with Crippen molar-refractivity contribution in [1.82, 2.24) is 4.98 Å². The topological polar surface area (TPSA) is 24.9 Å². The number of hydrogen-bond acceptors (Lipinski definition) is 2. The Bertz CT molecular complexity index is 605. The fourth-order valence-electron chi connectivity index (χ4n) is 2.42. The largest absolute Gasteiger partial charge is 0.384 e. The quantitative estimate of drug-likeness (QED) is 0.882. The van der Waals surface area contributed by atoms with Crippen molar-refractivity contribution in [1.29, 1.82) is 0 Å². The molecule has 1 heterocycles. The fraction of sp³-hybridized carbons (Fsp3) is 0.438. The maximum atomic E-state index is 14.2. The van der Waals surface area contributed by atoms with Crippen LogP contribution in [-0.2, 0) is 6.42 Å². The highest BCUT2D eigenvalue weighted by molar-refractivity contribution is 5.95. The maximum Gasteiger partial charge on any atom is 0.134 e. The van der Waals surface area contributed by atoms with Gasteiger partial charge < -0.3 is 5.32 Å². The Kier molecular flexibility index (Phi) is 4.03. The molecule has 0 atom stereocenters. The predicted molar refractivity (Wildman–Crippen MR) is 79.3 cm³/mol. The molecule has 2 aromatic rings. The Morgan fingerprint density at radius 3 is 2.58 bits per heavy atom. The van der Waals surface area contributed by atoms with E-state index in [1.165, 1.54) is 6.07 Å². The third-order valence-corrected chi connectivity index (χ3v) is 3.52. The molecule has 0 bridgehead atoms. The van der Waals surface area contributed by atoms with Crippen molar-refractivity contribution in [3.8, 4) is 0 Å². The lowest BCUT2D eigenvalue weighted by molar-refractivity contribution is 0.639. The van der Waals surface area contributed by atoms with Crippen LogP contribution >= 0.6 is 0 Å².